The van der Waals surface area contributed by atoms with Gasteiger partial charge in [-0.2, -0.15) is 5.10 Å². The molecule has 0 saturated carbocycles. The normalized spacial score (nSPS) is 17.7. The molecule has 0 fully saturated rings. The van der Waals surface area contributed by atoms with Gasteiger partial charge >= 0.3 is 0 Å². The number of aromatic nitrogens is 2. The molecule has 1 aliphatic heterocycles. The molecular weight excluding hydrogens is 300 g/mol. The molecule has 1 aromatic carbocycles. The van der Waals surface area contributed by atoms with Gasteiger partial charge in [0.25, 0.3) is 0 Å². The fraction of sp³-hybridized carbons (Fsp3) is 0.400. The van der Waals surface area contributed by atoms with Crippen molar-refractivity contribution in [2.24, 2.45) is 5.92 Å². The number of benzene rings is 1. The molecule has 6 nitrogen and oxygen atoms in total. The molecule has 3 rings (SSSR count). The summed E-state index contributed by atoms with van der Waals surface area (Å²) in [5.41, 5.74) is 0. The molecule has 0 spiro atoms. The number of fused-ring (bicyclic) bond motifs is 1. The number of nitrogens with one attached hydrogen (secondary N) is 2. The van der Waals surface area contributed by atoms with Gasteiger partial charge < -0.3 is 10.6 Å². The van der Waals surface area contributed by atoms with Gasteiger partial charge in [-0.25, -0.2) is 13.1 Å². The SMILES string of the molecule is O=S(=O)(CCNC[C@H]1CNc2ccnn2C1)c1ccccc1. The summed E-state index contributed by atoms with van der Waals surface area (Å²) >= 11 is 0. The first-order valence-corrected chi connectivity index (χ1v) is 9.04. The minimum atomic E-state index is -3.20. The van der Waals surface area contributed by atoms with E-state index in [9.17, 15) is 8.42 Å². The number of anilines is 1. The molecule has 0 bridgehead atoms. The second kappa shape index (κ2) is 6.50. The molecule has 0 unspecified atom stereocenters. The number of hydrogen-bond donors (Lipinski definition) is 2. The summed E-state index contributed by atoms with van der Waals surface area (Å²) in [6, 6.07) is 10.5. The highest BCUT2D eigenvalue weighted by atomic mass is 32.2. The average Bonchev–Trinajstić information content (AvgIpc) is 3.00. The van der Waals surface area contributed by atoms with Crippen molar-refractivity contribution in [1.82, 2.24) is 15.1 Å². The van der Waals surface area contributed by atoms with Gasteiger partial charge in [-0.3, -0.25) is 0 Å². The zero-order chi connectivity index (χ0) is 15.4. The van der Waals surface area contributed by atoms with E-state index in [-0.39, 0.29) is 5.75 Å². The van der Waals surface area contributed by atoms with Crippen molar-refractivity contribution in [1.29, 1.82) is 0 Å². The minimum Gasteiger partial charge on any atom is -0.370 e. The second-order valence-electron chi connectivity index (χ2n) is 5.48. The predicted octanol–water partition coefficient (Wildman–Crippen LogP) is 0.988. The van der Waals surface area contributed by atoms with Gasteiger partial charge in [0.05, 0.1) is 16.8 Å². The largest absolute Gasteiger partial charge is 0.370 e. The third-order valence-corrected chi connectivity index (χ3v) is 5.53. The van der Waals surface area contributed by atoms with Crippen LogP contribution in [-0.4, -0.2) is 43.6 Å². The number of sulfone groups is 1. The zero-order valence-electron chi connectivity index (χ0n) is 12.3. The number of hydrogen-bond acceptors (Lipinski definition) is 5. The fourth-order valence-corrected chi connectivity index (χ4v) is 3.80. The van der Waals surface area contributed by atoms with Crippen LogP contribution in [0.4, 0.5) is 5.82 Å². The molecule has 0 amide bonds. The van der Waals surface area contributed by atoms with E-state index in [1.165, 1.54) is 0 Å². The van der Waals surface area contributed by atoms with Gasteiger partial charge in [0.1, 0.15) is 5.82 Å². The molecule has 2 heterocycles. The van der Waals surface area contributed by atoms with E-state index in [0.29, 0.717) is 17.4 Å². The molecule has 7 heteroatoms. The second-order valence-corrected chi connectivity index (χ2v) is 7.59. The van der Waals surface area contributed by atoms with Crippen LogP contribution in [0, 0.1) is 5.92 Å². The van der Waals surface area contributed by atoms with Crippen LogP contribution in [0.2, 0.25) is 0 Å². The molecule has 0 radical (unpaired) electrons. The average molecular weight is 320 g/mol. The molecule has 2 N–H and O–H groups in total. The van der Waals surface area contributed by atoms with E-state index in [4.69, 9.17) is 0 Å². The van der Waals surface area contributed by atoms with Crippen molar-refractivity contribution in [3.8, 4) is 0 Å². The first-order valence-electron chi connectivity index (χ1n) is 7.39. The Morgan fingerprint density at radius 1 is 1.27 bits per heavy atom. The Morgan fingerprint density at radius 3 is 2.91 bits per heavy atom. The van der Waals surface area contributed by atoms with E-state index in [1.54, 1.807) is 30.5 Å². The van der Waals surface area contributed by atoms with E-state index in [2.05, 4.69) is 15.7 Å². The lowest BCUT2D eigenvalue weighted by Gasteiger charge is -2.25. The summed E-state index contributed by atoms with van der Waals surface area (Å²) in [5, 5.41) is 10.8. The van der Waals surface area contributed by atoms with Crippen molar-refractivity contribution in [3.05, 3.63) is 42.6 Å². The van der Waals surface area contributed by atoms with Gasteiger partial charge in [-0.1, -0.05) is 18.2 Å². The third kappa shape index (κ3) is 3.48. The lowest BCUT2D eigenvalue weighted by molar-refractivity contribution is 0.395. The van der Waals surface area contributed by atoms with E-state index in [1.807, 2.05) is 16.8 Å². The van der Waals surface area contributed by atoms with Crippen LogP contribution in [0.3, 0.4) is 0 Å². The van der Waals surface area contributed by atoms with Gasteiger partial charge in [-0.05, 0) is 12.1 Å². The van der Waals surface area contributed by atoms with Gasteiger partial charge in [0, 0.05) is 38.2 Å². The zero-order valence-corrected chi connectivity index (χ0v) is 13.1. The first-order chi connectivity index (χ1) is 10.6. The van der Waals surface area contributed by atoms with Gasteiger partial charge in [0.2, 0.25) is 0 Å². The predicted molar refractivity (Wildman–Crippen MR) is 85.6 cm³/mol. The van der Waals surface area contributed by atoms with Crippen LogP contribution in [0.1, 0.15) is 0 Å². The molecule has 1 atom stereocenters. The Bertz CT molecular complexity index is 712. The molecule has 1 aliphatic rings. The highest BCUT2D eigenvalue weighted by Gasteiger charge is 2.18. The van der Waals surface area contributed by atoms with Crippen LogP contribution in [0.25, 0.3) is 0 Å². The third-order valence-electron chi connectivity index (χ3n) is 3.80. The summed E-state index contributed by atoms with van der Waals surface area (Å²) < 4.78 is 26.2. The number of rotatable bonds is 6. The summed E-state index contributed by atoms with van der Waals surface area (Å²) in [5.74, 6) is 1.57. The van der Waals surface area contributed by atoms with Crippen LogP contribution in [-0.2, 0) is 16.4 Å². The highest BCUT2D eigenvalue weighted by Crippen LogP contribution is 2.15. The van der Waals surface area contributed by atoms with Crippen LogP contribution in [0.5, 0.6) is 0 Å². The molecule has 118 valence electrons. The summed E-state index contributed by atoms with van der Waals surface area (Å²) in [6.45, 7) is 2.97. The Morgan fingerprint density at radius 2 is 2.09 bits per heavy atom. The maximum absolute atomic E-state index is 12.1. The lowest BCUT2D eigenvalue weighted by atomic mass is 10.1. The summed E-state index contributed by atoms with van der Waals surface area (Å²) in [7, 11) is -3.20. The Balaban J connectivity index is 1.45. The van der Waals surface area contributed by atoms with Crippen molar-refractivity contribution in [3.63, 3.8) is 0 Å². The molecule has 1 aromatic heterocycles. The van der Waals surface area contributed by atoms with Crippen LogP contribution >= 0.6 is 0 Å². The van der Waals surface area contributed by atoms with E-state index in [0.717, 1.165) is 25.5 Å². The van der Waals surface area contributed by atoms with Crippen LogP contribution < -0.4 is 10.6 Å². The molecule has 22 heavy (non-hydrogen) atoms. The summed E-state index contributed by atoms with van der Waals surface area (Å²) in [4.78, 5) is 0.386. The Kier molecular flexibility index (Phi) is 4.44. The quantitative estimate of drug-likeness (QED) is 0.776. The summed E-state index contributed by atoms with van der Waals surface area (Å²) in [6.07, 6.45) is 1.78. The number of nitrogens with zero attached hydrogens (tertiary/aromatic N) is 2. The van der Waals surface area contributed by atoms with E-state index < -0.39 is 9.84 Å². The van der Waals surface area contributed by atoms with Crippen molar-refractivity contribution in [2.45, 2.75) is 11.4 Å². The first kappa shape index (κ1) is 15.1. The molecule has 0 aliphatic carbocycles. The lowest BCUT2D eigenvalue weighted by Crippen LogP contribution is -2.36. The van der Waals surface area contributed by atoms with Crippen molar-refractivity contribution >= 4 is 15.7 Å². The topological polar surface area (TPSA) is 76.0 Å². The van der Waals surface area contributed by atoms with Crippen LogP contribution in [0.15, 0.2) is 47.5 Å². The van der Waals surface area contributed by atoms with Crippen molar-refractivity contribution < 1.29 is 8.42 Å². The Labute approximate surface area is 130 Å². The highest BCUT2D eigenvalue weighted by molar-refractivity contribution is 7.91. The fourth-order valence-electron chi connectivity index (χ4n) is 2.58. The standard InChI is InChI=1S/C15H20N4O2S/c20-22(21,14-4-2-1-3-5-14)9-8-16-10-13-11-17-15-6-7-18-19(15)12-13/h1-7,13,16-17H,8-12H2/t13-/m0/s1. The maximum Gasteiger partial charge on any atom is 0.179 e. The minimum absolute atomic E-state index is 0.115. The molecule has 2 aromatic rings. The monoisotopic (exact) mass is 320 g/mol. The van der Waals surface area contributed by atoms with Gasteiger partial charge in [0.15, 0.2) is 9.84 Å². The smallest absolute Gasteiger partial charge is 0.179 e. The van der Waals surface area contributed by atoms with E-state index >= 15 is 0 Å². The Hall–Kier alpha value is -1.86. The molecule has 0 saturated heterocycles. The molecular formula is C15H20N4O2S. The maximum atomic E-state index is 12.1. The van der Waals surface area contributed by atoms with Crippen molar-refractivity contribution in [2.75, 3.05) is 30.7 Å². The van der Waals surface area contributed by atoms with Gasteiger partial charge in [-0.15, -0.1) is 0 Å².